The Hall–Kier alpha value is -2.56. The van der Waals surface area contributed by atoms with Crippen LogP contribution >= 0.6 is 0 Å². The molecule has 3 aromatic heterocycles. The maximum Gasteiger partial charge on any atom is 0.180 e. The summed E-state index contributed by atoms with van der Waals surface area (Å²) < 4.78 is 0. The second-order valence-corrected chi connectivity index (χ2v) is 4.41. The smallest absolute Gasteiger partial charge is 0.180 e. The minimum absolute atomic E-state index is 0.647. The highest BCUT2D eigenvalue weighted by molar-refractivity contribution is 5.71. The van der Waals surface area contributed by atoms with Crippen LogP contribution in [-0.4, -0.2) is 19.9 Å². The van der Waals surface area contributed by atoms with Gasteiger partial charge in [0, 0.05) is 18.6 Å². The number of aryl methyl sites for hydroxylation is 1. The zero-order valence-corrected chi connectivity index (χ0v) is 11.2. The fourth-order valence-corrected chi connectivity index (χ4v) is 2.08. The molecule has 0 bridgehead atoms. The SMILES string of the molecule is CCc1cccnc1CNc1ccc2nccnc2n1. The van der Waals surface area contributed by atoms with E-state index in [4.69, 9.17) is 0 Å². The summed E-state index contributed by atoms with van der Waals surface area (Å²) in [5, 5.41) is 3.29. The van der Waals surface area contributed by atoms with Crippen molar-refractivity contribution in [2.75, 3.05) is 5.32 Å². The van der Waals surface area contributed by atoms with Crippen LogP contribution in [0.1, 0.15) is 18.2 Å². The quantitative estimate of drug-likeness (QED) is 0.785. The predicted molar refractivity (Wildman–Crippen MR) is 78.3 cm³/mol. The Bertz CT molecular complexity index is 726. The van der Waals surface area contributed by atoms with E-state index in [1.165, 1.54) is 5.56 Å². The lowest BCUT2D eigenvalue weighted by Crippen LogP contribution is -2.06. The van der Waals surface area contributed by atoms with Crippen LogP contribution in [0.3, 0.4) is 0 Å². The number of anilines is 1. The Balaban J connectivity index is 1.79. The number of nitrogens with one attached hydrogen (secondary N) is 1. The standard InChI is InChI=1S/C15H15N5/c1-2-11-4-3-7-16-13(11)10-19-14-6-5-12-15(20-14)18-9-8-17-12/h3-9H,2,10H2,1H3,(H,18,19,20). The molecule has 3 rings (SSSR count). The first-order chi connectivity index (χ1) is 9.86. The minimum atomic E-state index is 0.647. The number of rotatable bonds is 4. The van der Waals surface area contributed by atoms with Gasteiger partial charge < -0.3 is 5.32 Å². The zero-order valence-electron chi connectivity index (χ0n) is 11.2. The number of hydrogen-bond donors (Lipinski definition) is 1. The normalized spacial score (nSPS) is 10.7. The number of pyridine rings is 2. The van der Waals surface area contributed by atoms with Crippen LogP contribution in [0.2, 0.25) is 0 Å². The average molecular weight is 265 g/mol. The third-order valence-corrected chi connectivity index (χ3v) is 3.13. The molecule has 100 valence electrons. The molecule has 5 nitrogen and oxygen atoms in total. The Morgan fingerprint density at radius 1 is 1.00 bits per heavy atom. The van der Waals surface area contributed by atoms with E-state index < -0.39 is 0 Å². The summed E-state index contributed by atoms with van der Waals surface area (Å²) in [6, 6.07) is 7.89. The summed E-state index contributed by atoms with van der Waals surface area (Å²) in [6.45, 7) is 2.78. The van der Waals surface area contributed by atoms with Gasteiger partial charge in [-0.15, -0.1) is 0 Å². The summed E-state index contributed by atoms with van der Waals surface area (Å²) in [6.07, 6.45) is 6.10. The van der Waals surface area contributed by atoms with Gasteiger partial charge in [-0.1, -0.05) is 13.0 Å². The van der Waals surface area contributed by atoms with E-state index in [1.54, 1.807) is 12.4 Å². The van der Waals surface area contributed by atoms with Crippen molar-refractivity contribution in [1.82, 2.24) is 19.9 Å². The second kappa shape index (κ2) is 5.61. The molecule has 20 heavy (non-hydrogen) atoms. The Morgan fingerprint density at radius 2 is 1.90 bits per heavy atom. The van der Waals surface area contributed by atoms with Gasteiger partial charge in [0.2, 0.25) is 0 Å². The molecule has 0 aliphatic heterocycles. The molecule has 0 amide bonds. The molecule has 0 fully saturated rings. The molecular weight excluding hydrogens is 250 g/mol. The van der Waals surface area contributed by atoms with E-state index in [-0.39, 0.29) is 0 Å². The molecule has 1 N–H and O–H groups in total. The van der Waals surface area contributed by atoms with Crippen molar-refractivity contribution in [2.24, 2.45) is 0 Å². The van der Waals surface area contributed by atoms with Crippen molar-refractivity contribution in [3.05, 3.63) is 54.1 Å². The van der Waals surface area contributed by atoms with Crippen molar-refractivity contribution >= 4 is 17.0 Å². The lowest BCUT2D eigenvalue weighted by molar-refractivity contribution is 0.965. The molecule has 0 atom stereocenters. The lowest BCUT2D eigenvalue weighted by Gasteiger charge is -2.08. The lowest BCUT2D eigenvalue weighted by atomic mass is 10.1. The van der Waals surface area contributed by atoms with Crippen LogP contribution in [0, 0.1) is 0 Å². The second-order valence-electron chi connectivity index (χ2n) is 4.41. The zero-order chi connectivity index (χ0) is 13.8. The third kappa shape index (κ3) is 2.56. The van der Waals surface area contributed by atoms with E-state index >= 15 is 0 Å². The fraction of sp³-hybridized carbons (Fsp3) is 0.200. The molecule has 0 spiro atoms. The molecule has 0 unspecified atom stereocenters. The van der Waals surface area contributed by atoms with Gasteiger partial charge in [-0.2, -0.15) is 0 Å². The summed E-state index contributed by atoms with van der Waals surface area (Å²) in [5.74, 6) is 0.783. The first kappa shape index (κ1) is 12.5. The molecule has 0 aromatic carbocycles. The van der Waals surface area contributed by atoms with Gasteiger partial charge in [0.05, 0.1) is 12.2 Å². The first-order valence-corrected chi connectivity index (χ1v) is 6.61. The molecule has 0 saturated heterocycles. The van der Waals surface area contributed by atoms with E-state index in [0.717, 1.165) is 23.4 Å². The number of nitrogens with zero attached hydrogens (tertiary/aromatic N) is 4. The molecule has 0 aliphatic rings. The van der Waals surface area contributed by atoms with Crippen molar-refractivity contribution in [2.45, 2.75) is 19.9 Å². The average Bonchev–Trinajstić information content (AvgIpc) is 2.53. The minimum Gasteiger partial charge on any atom is -0.364 e. The predicted octanol–water partition coefficient (Wildman–Crippen LogP) is 2.59. The maximum atomic E-state index is 4.43. The van der Waals surface area contributed by atoms with Gasteiger partial charge >= 0.3 is 0 Å². The van der Waals surface area contributed by atoms with Crippen molar-refractivity contribution < 1.29 is 0 Å². The van der Waals surface area contributed by atoms with Gasteiger partial charge in [0.25, 0.3) is 0 Å². The van der Waals surface area contributed by atoms with Crippen LogP contribution in [0.5, 0.6) is 0 Å². The Morgan fingerprint density at radius 3 is 2.80 bits per heavy atom. The summed E-state index contributed by atoms with van der Waals surface area (Å²) >= 11 is 0. The van der Waals surface area contributed by atoms with Gasteiger partial charge in [-0.05, 0) is 30.2 Å². The summed E-state index contributed by atoms with van der Waals surface area (Å²) in [7, 11) is 0. The van der Waals surface area contributed by atoms with Crippen molar-refractivity contribution in [1.29, 1.82) is 0 Å². The van der Waals surface area contributed by atoms with Crippen LogP contribution < -0.4 is 5.32 Å². The number of aromatic nitrogens is 4. The van der Waals surface area contributed by atoms with Crippen molar-refractivity contribution in [3.63, 3.8) is 0 Å². The molecule has 3 aromatic rings. The third-order valence-electron chi connectivity index (χ3n) is 3.13. The largest absolute Gasteiger partial charge is 0.364 e. The monoisotopic (exact) mass is 265 g/mol. The first-order valence-electron chi connectivity index (χ1n) is 6.61. The number of fused-ring (bicyclic) bond motifs is 1. The molecule has 3 heterocycles. The van der Waals surface area contributed by atoms with Gasteiger partial charge in [0.1, 0.15) is 11.3 Å². The Kier molecular flexibility index (Phi) is 3.50. The highest BCUT2D eigenvalue weighted by Crippen LogP contribution is 2.12. The van der Waals surface area contributed by atoms with Crippen LogP contribution in [0.15, 0.2) is 42.9 Å². The molecular formula is C15H15N5. The maximum absolute atomic E-state index is 4.43. The molecule has 0 saturated carbocycles. The van der Waals surface area contributed by atoms with Gasteiger partial charge in [0.15, 0.2) is 5.65 Å². The van der Waals surface area contributed by atoms with Gasteiger partial charge in [-0.3, -0.25) is 9.97 Å². The van der Waals surface area contributed by atoms with Crippen LogP contribution in [0.4, 0.5) is 5.82 Å². The molecule has 5 heteroatoms. The molecule has 0 radical (unpaired) electrons. The topological polar surface area (TPSA) is 63.6 Å². The highest BCUT2D eigenvalue weighted by Gasteiger charge is 2.03. The fourth-order valence-electron chi connectivity index (χ4n) is 2.08. The van der Waals surface area contributed by atoms with E-state index in [2.05, 4.69) is 38.2 Å². The van der Waals surface area contributed by atoms with Crippen LogP contribution in [0.25, 0.3) is 11.2 Å². The van der Waals surface area contributed by atoms with E-state index in [9.17, 15) is 0 Å². The van der Waals surface area contributed by atoms with E-state index in [1.807, 2.05) is 24.4 Å². The van der Waals surface area contributed by atoms with Crippen LogP contribution in [-0.2, 0) is 13.0 Å². The van der Waals surface area contributed by atoms with Crippen molar-refractivity contribution in [3.8, 4) is 0 Å². The van der Waals surface area contributed by atoms with E-state index in [0.29, 0.717) is 12.2 Å². The molecule has 0 aliphatic carbocycles. The summed E-state index contributed by atoms with van der Waals surface area (Å²) in [4.78, 5) is 17.2. The highest BCUT2D eigenvalue weighted by atomic mass is 15.0. The van der Waals surface area contributed by atoms with Gasteiger partial charge in [-0.25, -0.2) is 9.97 Å². The Labute approximate surface area is 117 Å². The summed E-state index contributed by atoms with van der Waals surface area (Å²) in [5.41, 5.74) is 3.75. The number of hydrogen-bond acceptors (Lipinski definition) is 5.